The quantitative estimate of drug-likeness (QED) is 0.347. The number of anilines is 4. The summed E-state index contributed by atoms with van der Waals surface area (Å²) in [4.78, 5) is 13.2. The highest BCUT2D eigenvalue weighted by molar-refractivity contribution is 7.17. The van der Waals surface area contributed by atoms with Crippen molar-refractivity contribution in [2.24, 2.45) is 7.05 Å². The molecule has 4 aromatic rings. The standard InChI is InChI=1S/C24H28F2N8OS/c1-32(2)14-5-9-34(10-6-14)19-13-20(35-23(25)26)17(12-15(19)27)30-24-28-8-4-16(29-24)21-22-18(7-11-36-22)33(3)31-21/h4,7-8,11-14,23H,5-6,9-10,27H2,1-3H3,(H,28,29,30). The summed E-state index contributed by atoms with van der Waals surface area (Å²) in [6.45, 7) is -1.44. The first kappa shape index (κ1) is 24.2. The second-order valence-electron chi connectivity index (χ2n) is 8.97. The zero-order valence-electron chi connectivity index (χ0n) is 20.3. The molecule has 0 spiro atoms. The van der Waals surface area contributed by atoms with Crippen LogP contribution in [0.3, 0.4) is 0 Å². The minimum atomic E-state index is -2.99. The summed E-state index contributed by atoms with van der Waals surface area (Å²) in [7, 11) is 6.01. The third-order valence-electron chi connectivity index (χ3n) is 6.48. The van der Waals surface area contributed by atoms with Crippen LogP contribution in [0.4, 0.5) is 31.8 Å². The van der Waals surface area contributed by atoms with Crippen LogP contribution in [-0.4, -0.2) is 64.5 Å². The number of halogens is 2. The molecule has 0 radical (unpaired) electrons. The highest BCUT2D eigenvalue weighted by Crippen LogP contribution is 2.39. The van der Waals surface area contributed by atoms with Crippen LogP contribution in [0.1, 0.15) is 12.8 Å². The fourth-order valence-electron chi connectivity index (χ4n) is 4.60. The largest absolute Gasteiger partial charge is 0.433 e. The van der Waals surface area contributed by atoms with Gasteiger partial charge in [-0.05, 0) is 50.5 Å². The zero-order chi connectivity index (χ0) is 25.4. The SMILES string of the molecule is CN(C)C1CCN(c2cc(OC(F)F)c(Nc3nccc(-c4nn(C)c5ccsc45)n3)cc2N)CC1. The number of piperidine rings is 1. The van der Waals surface area contributed by atoms with E-state index in [9.17, 15) is 8.78 Å². The van der Waals surface area contributed by atoms with Crippen molar-refractivity contribution < 1.29 is 13.5 Å². The third-order valence-corrected chi connectivity index (χ3v) is 7.39. The van der Waals surface area contributed by atoms with Crippen molar-refractivity contribution in [3.05, 3.63) is 35.8 Å². The highest BCUT2D eigenvalue weighted by Gasteiger charge is 2.24. The van der Waals surface area contributed by atoms with Crippen molar-refractivity contribution in [3.63, 3.8) is 0 Å². The van der Waals surface area contributed by atoms with Crippen molar-refractivity contribution >= 4 is 44.6 Å². The number of rotatable bonds is 7. The molecule has 0 aliphatic carbocycles. The van der Waals surface area contributed by atoms with E-state index in [-0.39, 0.29) is 17.4 Å². The number of nitrogen functional groups attached to an aromatic ring is 1. The Kier molecular flexibility index (Phi) is 6.63. The first-order chi connectivity index (χ1) is 17.3. The van der Waals surface area contributed by atoms with E-state index in [1.54, 1.807) is 40.4 Å². The summed E-state index contributed by atoms with van der Waals surface area (Å²) in [5, 5.41) is 9.59. The number of aryl methyl sites for hydroxylation is 1. The Bertz CT molecular complexity index is 1360. The predicted octanol–water partition coefficient (Wildman–Crippen LogP) is 4.55. The molecule has 3 aromatic heterocycles. The number of nitrogens with two attached hydrogens (primary N) is 1. The molecule has 3 N–H and O–H groups in total. The molecule has 190 valence electrons. The Morgan fingerprint density at radius 1 is 1.22 bits per heavy atom. The smallest absolute Gasteiger partial charge is 0.387 e. The average Bonchev–Trinajstić information content (AvgIpc) is 3.45. The number of ether oxygens (including phenoxy) is 1. The minimum absolute atomic E-state index is 0.0172. The Balaban J connectivity index is 1.44. The monoisotopic (exact) mass is 514 g/mol. The number of hydrogen-bond donors (Lipinski definition) is 2. The number of nitrogens with zero attached hydrogens (tertiary/aromatic N) is 6. The van der Waals surface area contributed by atoms with Gasteiger partial charge < -0.3 is 25.6 Å². The van der Waals surface area contributed by atoms with E-state index < -0.39 is 6.61 Å². The molecule has 5 rings (SSSR count). The molecule has 9 nitrogen and oxygen atoms in total. The third kappa shape index (κ3) is 4.78. The summed E-state index contributed by atoms with van der Waals surface area (Å²) in [5.74, 6) is 0.206. The molecule has 1 aromatic carbocycles. The Morgan fingerprint density at radius 2 is 2.00 bits per heavy atom. The van der Waals surface area contributed by atoms with Gasteiger partial charge in [-0.25, -0.2) is 9.97 Å². The van der Waals surface area contributed by atoms with Gasteiger partial charge in [-0.2, -0.15) is 13.9 Å². The Hall–Kier alpha value is -3.51. The molecule has 0 unspecified atom stereocenters. The maximum absolute atomic E-state index is 13.3. The first-order valence-corrected chi connectivity index (χ1v) is 12.5. The molecule has 0 saturated carbocycles. The number of hydrogen-bond acceptors (Lipinski definition) is 9. The van der Waals surface area contributed by atoms with E-state index >= 15 is 0 Å². The minimum Gasteiger partial charge on any atom is -0.433 e. The number of benzene rings is 1. The van der Waals surface area contributed by atoms with Gasteiger partial charge >= 0.3 is 6.61 Å². The van der Waals surface area contributed by atoms with Crippen LogP contribution < -0.4 is 20.7 Å². The van der Waals surface area contributed by atoms with Crippen molar-refractivity contribution in [2.45, 2.75) is 25.5 Å². The van der Waals surface area contributed by atoms with Crippen LogP contribution in [0.5, 0.6) is 5.75 Å². The molecule has 1 saturated heterocycles. The summed E-state index contributed by atoms with van der Waals surface area (Å²) in [6.07, 6.45) is 3.52. The lowest BCUT2D eigenvalue weighted by molar-refractivity contribution is -0.0493. The molecule has 1 aliphatic rings. The van der Waals surface area contributed by atoms with Gasteiger partial charge in [0.2, 0.25) is 5.95 Å². The number of thiophene rings is 1. The van der Waals surface area contributed by atoms with Crippen molar-refractivity contribution in [1.29, 1.82) is 0 Å². The first-order valence-electron chi connectivity index (χ1n) is 11.6. The lowest BCUT2D eigenvalue weighted by atomic mass is 10.0. The van der Waals surface area contributed by atoms with Gasteiger partial charge in [0.25, 0.3) is 0 Å². The fourth-order valence-corrected chi connectivity index (χ4v) is 5.51. The molecule has 36 heavy (non-hydrogen) atoms. The van der Waals surface area contributed by atoms with Gasteiger partial charge in [0.15, 0.2) is 5.75 Å². The molecule has 0 bridgehead atoms. The second kappa shape index (κ2) is 9.86. The summed E-state index contributed by atoms with van der Waals surface area (Å²) < 4.78 is 34.3. The normalized spacial score (nSPS) is 14.8. The van der Waals surface area contributed by atoms with Crippen LogP contribution in [0.15, 0.2) is 35.8 Å². The summed E-state index contributed by atoms with van der Waals surface area (Å²) in [6, 6.07) is 7.41. The predicted molar refractivity (Wildman–Crippen MR) is 139 cm³/mol. The van der Waals surface area contributed by atoms with Gasteiger partial charge in [-0.15, -0.1) is 11.3 Å². The van der Waals surface area contributed by atoms with Crippen LogP contribution in [-0.2, 0) is 7.05 Å². The van der Waals surface area contributed by atoms with E-state index in [1.807, 2.05) is 18.5 Å². The fraction of sp³-hybridized carbons (Fsp3) is 0.375. The van der Waals surface area contributed by atoms with Gasteiger partial charge in [0.1, 0.15) is 5.69 Å². The molecule has 0 atom stereocenters. The molecular formula is C24H28F2N8OS. The lowest BCUT2D eigenvalue weighted by Gasteiger charge is -2.37. The number of aromatic nitrogens is 4. The molecular weight excluding hydrogens is 486 g/mol. The number of alkyl halides is 2. The van der Waals surface area contributed by atoms with Crippen LogP contribution in [0.25, 0.3) is 21.6 Å². The maximum Gasteiger partial charge on any atom is 0.387 e. The van der Waals surface area contributed by atoms with E-state index in [2.05, 4.69) is 44.3 Å². The Morgan fingerprint density at radius 3 is 2.72 bits per heavy atom. The van der Waals surface area contributed by atoms with Crippen molar-refractivity contribution in [1.82, 2.24) is 24.6 Å². The van der Waals surface area contributed by atoms with Gasteiger partial charge in [-0.1, -0.05) is 0 Å². The Labute approximate surface area is 211 Å². The van der Waals surface area contributed by atoms with E-state index in [0.29, 0.717) is 23.1 Å². The topological polar surface area (TPSA) is 97.4 Å². The van der Waals surface area contributed by atoms with E-state index in [1.165, 1.54) is 0 Å². The molecule has 12 heteroatoms. The molecule has 1 aliphatic heterocycles. The van der Waals surface area contributed by atoms with E-state index in [4.69, 9.17) is 10.5 Å². The average molecular weight is 515 g/mol. The van der Waals surface area contributed by atoms with Crippen LogP contribution >= 0.6 is 11.3 Å². The van der Waals surface area contributed by atoms with E-state index in [0.717, 1.165) is 41.8 Å². The molecule has 4 heterocycles. The number of fused-ring (bicyclic) bond motifs is 1. The van der Waals surface area contributed by atoms with Crippen LogP contribution in [0, 0.1) is 0 Å². The van der Waals surface area contributed by atoms with Crippen molar-refractivity contribution in [2.75, 3.05) is 43.1 Å². The molecule has 1 fully saturated rings. The van der Waals surface area contributed by atoms with Gasteiger partial charge in [-0.3, -0.25) is 4.68 Å². The maximum atomic E-state index is 13.3. The second-order valence-corrected chi connectivity index (χ2v) is 9.88. The zero-order valence-corrected chi connectivity index (χ0v) is 21.1. The summed E-state index contributed by atoms with van der Waals surface area (Å²) in [5.41, 5.74) is 10.1. The van der Waals surface area contributed by atoms with Crippen molar-refractivity contribution in [3.8, 4) is 17.1 Å². The number of nitrogens with one attached hydrogen (secondary N) is 1. The molecule has 0 amide bonds. The van der Waals surface area contributed by atoms with Gasteiger partial charge in [0.05, 0.1) is 33.0 Å². The summed E-state index contributed by atoms with van der Waals surface area (Å²) >= 11 is 1.58. The van der Waals surface area contributed by atoms with Gasteiger partial charge in [0, 0.05) is 38.4 Å². The highest BCUT2D eigenvalue weighted by atomic mass is 32.1. The lowest BCUT2D eigenvalue weighted by Crippen LogP contribution is -2.42. The van der Waals surface area contributed by atoms with Crippen LogP contribution in [0.2, 0.25) is 0 Å².